The Kier molecular flexibility index (Phi) is 7.58. The van der Waals surface area contributed by atoms with Crippen LogP contribution in [0.15, 0.2) is 65.1 Å². The van der Waals surface area contributed by atoms with Gasteiger partial charge in [0.15, 0.2) is 6.61 Å². The number of hydrogen-bond acceptors (Lipinski definition) is 3. The Hall–Kier alpha value is -2.99. The van der Waals surface area contributed by atoms with Gasteiger partial charge in [0.2, 0.25) is 5.78 Å². The minimum Gasteiger partial charge on any atom is -0.454 e. The van der Waals surface area contributed by atoms with Gasteiger partial charge in [-0.1, -0.05) is 40.2 Å². The summed E-state index contributed by atoms with van der Waals surface area (Å²) in [6.45, 7) is 4.16. The number of hydrogen-bond donors (Lipinski definition) is 0. The number of esters is 1. The molecule has 1 aromatic heterocycles. The number of ether oxygens (including phenoxy) is 1. The van der Waals surface area contributed by atoms with Crippen molar-refractivity contribution in [1.29, 1.82) is 0 Å². The van der Waals surface area contributed by atoms with Gasteiger partial charge < -0.3 is 9.30 Å². The highest BCUT2D eigenvalue weighted by molar-refractivity contribution is 9.10. The molecule has 0 bridgehead atoms. The summed E-state index contributed by atoms with van der Waals surface area (Å²) in [5.41, 5.74) is 4.19. The highest BCUT2D eigenvalue weighted by Crippen LogP contribution is 2.17. The summed E-state index contributed by atoms with van der Waals surface area (Å²) < 4.78 is 21.1. The quantitative estimate of drug-likeness (QED) is 0.235. The van der Waals surface area contributed by atoms with Gasteiger partial charge in [0.05, 0.1) is 0 Å². The maximum atomic E-state index is 13.1. The molecule has 4 nitrogen and oxygen atoms in total. The Balaban J connectivity index is 1.58. The van der Waals surface area contributed by atoms with Crippen LogP contribution in [0, 0.1) is 19.7 Å². The molecule has 0 saturated heterocycles. The van der Waals surface area contributed by atoms with Crippen LogP contribution in [0.5, 0.6) is 0 Å². The number of benzene rings is 2. The molecule has 1 heterocycles. The minimum absolute atomic E-state index is 0.245. The van der Waals surface area contributed by atoms with Crippen molar-refractivity contribution < 1.29 is 18.7 Å². The number of carbonyl (C=O) groups excluding carboxylic acids is 2. The van der Waals surface area contributed by atoms with Crippen molar-refractivity contribution in [3.8, 4) is 0 Å². The predicted octanol–water partition coefficient (Wildman–Crippen LogP) is 5.69. The summed E-state index contributed by atoms with van der Waals surface area (Å²) in [5.74, 6) is -1.07. The molecule has 3 aromatic rings. The third-order valence-corrected chi connectivity index (χ3v) is 5.51. The van der Waals surface area contributed by atoms with Crippen molar-refractivity contribution in [1.82, 2.24) is 4.57 Å². The lowest BCUT2D eigenvalue weighted by atomic mass is 10.1. The average Bonchev–Trinajstić information content (AvgIpc) is 3.03. The molecule has 0 saturated carbocycles. The third kappa shape index (κ3) is 6.25. The highest BCUT2D eigenvalue weighted by Gasteiger charge is 2.17. The topological polar surface area (TPSA) is 48.3 Å². The molecule has 31 heavy (non-hydrogen) atoms. The first-order valence-electron chi connectivity index (χ1n) is 9.88. The van der Waals surface area contributed by atoms with Crippen molar-refractivity contribution in [2.75, 3.05) is 6.61 Å². The second-order valence-electron chi connectivity index (χ2n) is 7.23. The maximum Gasteiger partial charge on any atom is 0.331 e. The van der Waals surface area contributed by atoms with Crippen molar-refractivity contribution in [3.05, 3.63) is 99.0 Å². The van der Waals surface area contributed by atoms with Crippen molar-refractivity contribution >= 4 is 33.8 Å². The Morgan fingerprint density at radius 1 is 1.10 bits per heavy atom. The number of aromatic nitrogens is 1. The minimum atomic E-state index is -0.571. The van der Waals surface area contributed by atoms with E-state index in [1.165, 1.54) is 18.2 Å². The van der Waals surface area contributed by atoms with Crippen LogP contribution in [0.25, 0.3) is 6.08 Å². The zero-order valence-corrected chi connectivity index (χ0v) is 19.0. The van der Waals surface area contributed by atoms with Gasteiger partial charge in [-0.25, -0.2) is 9.18 Å². The molecule has 0 spiro atoms. The lowest BCUT2D eigenvalue weighted by Crippen LogP contribution is -2.14. The predicted molar refractivity (Wildman–Crippen MR) is 122 cm³/mol. The van der Waals surface area contributed by atoms with Crippen LogP contribution < -0.4 is 0 Å². The fraction of sp³-hybridized carbons (Fsp3) is 0.200. The third-order valence-electron chi connectivity index (χ3n) is 5.02. The second kappa shape index (κ2) is 10.4. The van der Waals surface area contributed by atoms with Crippen LogP contribution in [0.1, 0.15) is 32.9 Å². The number of rotatable bonds is 8. The van der Waals surface area contributed by atoms with E-state index in [1.54, 1.807) is 18.2 Å². The van der Waals surface area contributed by atoms with Gasteiger partial charge >= 0.3 is 5.97 Å². The molecule has 0 atom stereocenters. The number of carbonyl (C=O) groups is 2. The average molecular weight is 484 g/mol. The lowest BCUT2D eigenvalue weighted by Gasteiger charge is -2.10. The molecule has 0 radical (unpaired) electrons. The van der Waals surface area contributed by atoms with E-state index in [0.717, 1.165) is 33.4 Å². The summed E-state index contributed by atoms with van der Waals surface area (Å²) in [6, 6.07) is 15.7. The molecular formula is C25H23BrFNO3. The molecule has 0 aliphatic carbocycles. The van der Waals surface area contributed by atoms with Crippen molar-refractivity contribution in [3.63, 3.8) is 0 Å². The van der Waals surface area contributed by atoms with E-state index in [0.29, 0.717) is 12.1 Å². The Labute approximate surface area is 189 Å². The summed E-state index contributed by atoms with van der Waals surface area (Å²) >= 11 is 3.37. The molecule has 0 aliphatic heterocycles. The molecule has 0 amide bonds. The van der Waals surface area contributed by atoms with Gasteiger partial charge in [-0.05, 0) is 67.8 Å². The lowest BCUT2D eigenvalue weighted by molar-refractivity contribution is -0.136. The molecule has 0 N–H and O–H groups in total. The zero-order valence-electron chi connectivity index (χ0n) is 17.4. The van der Waals surface area contributed by atoms with E-state index in [4.69, 9.17) is 4.74 Å². The smallest absolute Gasteiger partial charge is 0.331 e. The van der Waals surface area contributed by atoms with Gasteiger partial charge in [-0.15, -0.1) is 0 Å². The summed E-state index contributed by atoms with van der Waals surface area (Å²) in [5, 5.41) is 0. The van der Waals surface area contributed by atoms with Gasteiger partial charge in [0.25, 0.3) is 0 Å². The van der Waals surface area contributed by atoms with Crippen molar-refractivity contribution in [2.45, 2.75) is 26.8 Å². The number of ketones is 1. The standard InChI is InChI=1S/C25H23BrFNO3/c1-17-14-23(18(2)28(17)13-12-19-6-9-22(27)10-7-19)24(29)16-31-25(30)11-8-20-4-3-5-21(26)15-20/h3-11,14-15H,12-13,16H2,1-2H3. The fourth-order valence-electron chi connectivity index (χ4n) is 3.36. The molecule has 3 rings (SSSR count). The van der Waals surface area contributed by atoms with E-state index >= 15 is 0 Å². The van der Waals surface area contributed by atoms with Crippen LogP contribution in [0.4, 0.5) is 4.39 Å². The summed E-state index contributed by atoms with van der Waals surface area (Å²) in [4.78, 5) is 24.6. The van der Waals surface area contributed by atoms with Crippen LogP contribution in [0.2, 0.25) is 0 Å². The molecule has 160 valence electrons. The van der Waals surface area contributed by atoms with Crippen LogP contribution in [-0.2, 0) is 22.5 Å². The summed E-state index contributed by atoms with van der Waals surface area (Å²) in [6.07, 6.45) is 3.67. The van der Waals surface area contributed by atoms with Gasteiger partial charge in [-0.3, -0.25) is 4.79 Å². The van der Waals surface area contributed by atoms with E-state index in [9.17, 15) is 14.0 Å². The first-order chi connectivity index (χ1) is 14.8. The summed E-state index contributed by atoms with van der Waals surface area (Å²) in [7, 11) is 0. The monoisotopic (exact) mass is 483 g/mol. The fourth-order valence-corrected chi connectivity index (χ4v) is 3.77. The zero-order chi connectivity index (χ0) is 22.4. The van der Waals surface area contributed by atoms with Crippen LogP contribution >= 0.6 is 15.9 Å². The number of halogens is 2. The second-order valence-corrected chi connectivity index (χ2v) is 8.15. The Morgan fingerprint density at radius 3 is 2.55 bits per heavy atom. The van der Waals surface area contributed by atoms with Gasteiger partial charge in [0, 0.05) is 34.0 Å². The molecule has 0 fully saturated rings. The molecule has 2 aromatic carbocycles. The number of aryl methyl sites for hydroxylation is 2. The molecule has 6 heteroatoms. The Morgan fingerprint density at radius 2 is 1.84 bits per heavy atom. The first kappa shape index (κ1) is 22.7. The van der Waals surface area contributed by atoms with E-state index in [-0.39, 0.29) is 18.2 Å². The highest BCUT2D eigenvalue weighted by atomic mass is 79.9. The van der Waals surface area contributed by atoms with E-state index in [1.807, 2.05) is 48.7 Å². The van der Waals surface area contributed by atoms with E-state index < -0.39 is 5.97 Å². The normalized spacial score (nSPS) is 11.1. The number of nitrogens with zero attached hydrogens (tertiary/aromatic N) is 1. The Bertz CT molecular complexity index is 1120. The van der Waals surface area contributed by atoms with Crippen LogP contribution in [-0.4, -0.2) is 22.9 Å². The maximum absolute atomic E-state index is 13.1. The first-order valence-corrected chi connectivity index (χ1v) is 10.7. The molecular weight excluding hydrogens is 461 g/mol. The number of Topliss-reactive ketones (excluding diaryl/α,β-unsaturated/α-hetero) is 1. The molecule has 0 aliphatic rings. The largest absolute Gasteiger partial charge is 0.454 e. The van der Waals surface area contributed by atoms with Crippen molar-refractivity contribution in [2.24, 2.45) is 0 Å². The molecule has 0 unspecified atom stereocenters. The van der Waals surface area contributed by atoms with Gasteiger partial charge in [0.1, 0.15) is 5.82 Å². The van der Waals surface area contributed by atoms with Gasteiger partial charge in [-0.2, -0.15) is 0 Å². The van der Waals surface area contributed by atoms with Crippen LogP contribution in [0.3, 0.4) is 0 Å². The van der Waals surface area contributed by atoms with E-state index in [2.05, 4.69) is 15.9 Å². The SMILES string of the molecule is Cc1cc(C(=O)COC(=O)C=Cc2cccc(Br)c2)c(C)n1CCc1ccc(F)cc1.